The van der Waals surface area contributed by atoms with Gasteiger partial charge in [0.25, 0.3) is 5.91 Å². The van der Waals surface area contributed by atoms with Gasteiger partial charge in [0, 0.05) is 36.9 Å². The molecule has 0 spiro atoms. The summed E-state index contributed by atoms with van der Waals surface area (Å²) in [5.41, 5.74) is 4.32. The number of nitrogens with zero attached hydrogens (tertiary/aromatic N) is 3. The summed E-state index contributed by atoms with van der Waals surface area (Å²) >= 11 is 0. The highest BCUT2D eigenvalue weighted by molar-refractivity contribution is 5.94. The van der Waals surface area contributed by atoms with Gasteiger partial charge in [0.15, 0.2) is 5.69 Å². The van der Waals surface area contributed by atoms with Gasteiger partial charge in [-0.05, 0) is 55.8 Å². The maximum atomic E-state index is 13.3. The summed E-state index contributed by atoms with van der Waals surface area (Å²) < 4.78 is 12.9. The molecule has 32 heavy (non-hydrogen) atoms. The van der Waals surface area contributed by atoms with Crippen LogP contribution in [0.2, 0.25) is 0 Å². The molecule has 4 rings (SSSR count). The molecular formula is C25H36N4O3. The van der Waals surface area contributed by atoms with Gasteiger partial charge in [0.05, 0.1) is 20.3 Å². The third-order valence-electron chi connectivity index (χ3n) is 6.37. The van der Waals surface area contributed by atoms with E-state index in [2.05, 4.69) is 36.0 Å². The molecule has 1 amide bonds. The van der Waals surface area contributed by atoms with Crippen LogP contribution in [0, 0.1) is 5.92 Å². The summed E-state index contributed by atoms with van der Waals surface area (Å²) in [6.07, 6.45) is 3.84. The third kappa shape index (κ3) is 5.33. The van der Waals surface area contributed by atoms with Gasteiger partial charge in [-0.3, -0.25) is 9.48 Å². The second-order valence-electron chi connectivity index (χ2n) is 9.25. The zero-order valence-electron chi connectivity index (χ0n) is 19.6. The first-order chi connectivity index (χ1) is 15.5. The number of rotatable bonds is 8. The molecule has 1 N–H and O–H groups in total. The Morgan fingerprint density at radius 1 is 1.31 bits per heavy atom. The van der Waals surface area contributed by atoms with Crippen LogP contribution in [-0.2, 0) is 30.5 Å². The number of methoxy groups -OCH3 is 1. The number of hydrogen-bond acceptors (Lipinski definition) is 5. The first-order valence-corrected chi connectivity index (χ1v) is 11.9. The summed E-state index contributed by atoms with van der Waals surface area (Å²) in [4.78, 5) is 15.2. The standard InChI is InChI=1S/C25H36N4O3/c1-18(2)17-29-23-8-7-20(26-10-9-19-5-4-6-21(15-19)31-3)16-22(23)24(27-29)25(30)28-11-13-32-14-12-28/h4-6,15,18,20,26H,7-14,16-17H2,1-3H3. The Labute approximate surface area is 191 Å². The highest BCUT2D eigenvalue weighted by atomic mass is 16.5. The minimum absolute atomic E-state index is 0.0593. The molecule has 7 nitrogen and oxygen atoms in total. The van der Waals surface area contributed by atoms with Crippen LogP contribution in [0.3, 0.4) is 0 Å². The number of fused-ring (bicyclic) bond motifs is 1. The fraction of sp³-hybridized carbons (Fsp3) is 0.600. The smallest absolute Gasteiger partial charge is 0.274 e. The predicted octanol–water partition coefficient (Wildman–Crippen LogP) is 2.71. The quantitative estimate of drug-likeness (QED) is 0.684. The molecule has 0 bridgehead atoms. The van der Waals surface area contributed by atoms with Gasteiger partial charge in [-0.2, -0.15) is 5.10 Å². The first kappa shape index (κ1) is 22.8. The SMILES string of the molecule is COc1cccc(CCNC2CCc3c(c(C(=O)N4CCOCC4)nn3CC(C)C)C2)c1. The van der Waals surface area contributed by atoms with Crippen molar-refractivity contribution in [2.24, 2.45) is 5.92 Å². The number of nitrogens with one attached hydrogen (secondary N) is 1. The normalized spacial score (nSPS) is 18.6. The molecule has 1 fully saturated rings. The number of amides is 1. The summed E-state index contributed by atoms with van der Waals surface area (Å²) in [6, 6.07) is 8.60. The molecule has 1 aliphatic carbocycles. The number of morpholine rings is 1. The van der Waals surface area contributed by atoms with Crippen LogP contribution in [-0.4, -0.2) is 66.6 Å². The highest BCUT2D eigenvalue weighted by Crippen LogP contribution is 2.27. The number of hydrogen-bond donors (Lipinski definition) is 1. The molecule has 1 unspecified atom stereocenters. The van der Waals surface area contributed by atoms with E-state index in [0.717, 1.165) is 50.1 Å². The third-order valence-corrected chi connectivity index (χ3v) is 6.37. The van der Waals surface area contributed by atoms with Crippen molar-refractivity contribution < 1.29 is 14.3 Å². The van der Waals surface area contributed by atoms with Gasteiger partial charge < -0.3 is 19.7 Å². The lowest BCUT2D eigenvalue weighted by atomic mass is 9.90. The molecule has 1 aromatic heterocycles. The molecular weight excluding hydrogens is 404 g/mol. The molecule has 1 aromatic carbocycles. The fourth-order valence-corrected chi connectivity index (χ4v) is 4.70. The molecule has 7 heteroatoms. The van der Waals surface area contributed by atoms with Gasteiger partial charge in [-0.1, -0.05) is 26.0 Å². The fourth-order valence-electron chi connectivity index (χ4n) is 4.70. The van der Waals surface area contributed by atoms with E-state index in [1.807, 2.05) is 17.0 Å². The lowest BCUT2D eigenvalue weighted by molar-refractivity contribution is 0.0297. The van der Waals surface area contributed by atoms with Crippen LogP contribution in [0.5, 0.6) is 5.75 Å². The van der Waals surface area contributed by atoms with Gasteiger partial charge >= 0.3 is 0 Å². The molecule has 0 radical (unpaired) electrons. The summed E-state index contributed by atoms with van der Waals surface area (Å²) in [5.74, 6) is 1.45. The lowest BCUT2D eigenvalue weighted by Gasteiger charge is -2.28. The Kier molecular flexibility index (Phi) is 7.48. The van der Waals surface area contributed by atoms with E-state index in [1.54, 1.807) is 7.11 Å². The molecule has 174 valence electrons. The number of carbonyl (C=O) groups is 1. The zero-order chi connectivity index (χ0) is 22.5. The molecule has 2 aliphatic rings. The first-order valence-electron chi connectivity index (χ1n) is 11.9. The second kappa shape index (κ2) is 10.5. The number of aromatic nitrogens is 2. The molecule has 1 saturated heterocycles. The Morgan fingerprint density at radius 3 is 2.88 bits per heavy atom. The average molecular weight is 441 g/mol. The topological polar surface area (TPSA) is 68.6 Å². The van der Waals surface area contributed by atoms with Gasteiger partial charge in [0.2, 0.25) is 0 Å². The predicted molar refractivity (Wildman–Crippen MR) is 124 cm³/mol. The molecule has 1 atom stereocenters. The van der Waals surface area contributed by atoms with Gasteiger partial charge in [-0.15, -0.1) is 0 Å². The van der Waals surface area contributed by atoms with E-state index in [0.29, 0.717) is 44.0 Å². The van der Waals surface area contributed by atoms with Crippen molar-refractivity contribution in [3.05, 3.63) is 46.8 Å². The van der Waals surface area contributed by atoms with Crippen LogP contribution in [0.1, 0.15) is 47.6 Å². The molecule has 0 saturated carbocycles. The van der Waals surface area contributed by atoms with Crippen LogP contribution in [0.4, 0.5) is 0 Å². The van der Waals surface area contributed by atoms with E-state index < -0.39 is 0 Å². The van der Waals surface area contributed by atoms with Gasteiger partial charge in [-0.25, -0.2) is 0 Å². The van der Waals surface area contributed by atoms with Crippen LogP contribution < -0.4 is 10.1 Å². The van der Waals surface area contributed by atoms with Gasteiger partial charge in [0.1, 0.15) is 5.75 Å². The Balaban J connectivity index is 1.45. The Hall–Kier alpha value is -2.38. The second-order valence-corrected chi connectivity index (χ2v) is 9.25. The molecule has 2 heterocycles. The summed E-state index contributed by atoms with van der Waals surface area (Å²) in [7, 11) is 1.70. The number of ether oxygens (including phenoxy) is 2. The largest absolute Gasteiger partial charge is 0.497 e. The number of carbonyl (C=O) groups excluding carboxylic acids is 1. The van der Waals surface area contributed by atoms with E-state index in [4.69, 9.17) is 14.6 Å². The Morgan fingerprint density at radius 2 is 2.12 bits per heavy atom. The monoisotopic (exact) mass is 440 g/mol. The molecule has 1 aliphatic heterocycles. The van der Waals surface area contributed by atoms with Crippen molar-refractivity contribution in [2.75, 3.05) is 40.0 Å². The van der Waals surface area contributed by atoms with Crippen LogP contribution >= 0.6 is 0 Å². The Bertz CT molecular complexity index is 918. The van der Waals surface area contributed by atoms with Crippen molar-refractivity contribution in [1.82, 2.24) is 20.0 Å². The lowest BCUT2D eigenvalue weighted by Crippen LogP contribution is -2.42. The van der Waals surface area contributed by atoms with Crippen molar-refractivity contribution in [3.8, 4) is 5.75 Å². The zero-order valence-corrected chi connectivity index (χ0v) is 19.6. The van der Waals surface area contributed by atoms with E-state index >= 15 is 0 Å². The number of benzene rings is 1. The average Bonchev–Trinajstić information content (AvgIpc) is 3.16. The van der Waals surface area contributed by atoms with Crippen molar-refractivity contribution in [1.29, 1.82) is 0 Å². The highest BCUT2D eigenvalue weighted by Gasteiger charge is 2.31. The minimum Gasteiger partial charge on any atom is -0.497 e. The van der Waals surface area contributed by atoms with Crippen molar-refractivity contribution >= 4 is 5.91 Å². The van der Waals surface area contributed by atoms with E-state index in [-0.39, 0.29) is 5.91 Å². The minimum atomic E-state index is 0.0593. The van der Waals surface area contributed by atoms with E-state index in [9.17, 15) is 4.79 Å². The maximum Gasteiger partial charge on any atom is 0.274 e. The van der Waals surface area contributed by atoms with Crippen LogP contribution in [0.15, 0.2) is 24.3 Å². The van der Waals surface area contributed by atoms with Crippen molar-refractivity contribution in [3.63, 3.8) is 0 Å². The summed E-state index contributed by atoms with van der Waals surface area (Å²) in [6.45, 7) is 8.66. The summed E-state index contributed by atoms with van der Waals surface area (Å²) in [5, 5.41) is 8.55. The molecule has 2 aromatic rings. The maximum absolute atomic E-state index is 13.3. The van der Waals surface area contributed by atoms with Crippen molar-refractivity contribution in [2.45, 2.75) is 52.1 Å². The van der Waals surface area contributed by atoms with E-state index in [1.165, 1.54) is 11.3 Å². The van der Waals surface area contributed by atoms with Crippen LogP contribution in [0.25, 0.3) is 0 Å².